The van der Waals surface area contributed by atoms with E-state index in [4.69, 9.17) is 4.74 Å². The van der Waals surface area contributed by atoms with Gasteiger partial charge in [-0.25, -0.2) is 0 Å². The van der Waals surface area contributed by atoms with Crippen molar-refractivity contribution in [3.8, 4) is 0 Å². The molecule has 6 nitrogen and oxygen atoms in total. The standard InChI is InChI=1S/C21H22BrN3O3/c22-16-4-1-5-17(11-16)25-10-7-19(21(25)27)20(26)24-9-6-18(13-24)28-14-15-3-2-8-23-12-15/h1-5,8,11-12,18-19H,6-7,9-10,13-14H2. The lowest BCUT2D eigenvalue weighted by molar-refractivity contribution is -0.139. The Morgan fingerprint density at radius 3 is 2.89 bits per heavy atom. The first-order chi connectivity index (χ1) is 13.6. The molecule has 2 unspecified atom stereocenters. The molecule has 0 radical (unpaired) electrons. The van der Waals surface area contributed by atoms with E-state index in [0.717, 1.165) is 22.1 Å². The third kappa shape index (κ3) is 4.10. The summed E-state index contributed by atoms with van der Waals surface area (Å²) in [7, 11) is 0. The summed E-state index contributed by atoms with van der Waals surface area (Å²) in [6.07, 6.45) is 4.87. The second kappa shape index (κ2) is 8.41. The van der Waals surface area contributed by atoms with Crippen molar-refractivity contribution in [3.05, 3.63) is 58.8 Å². The molecule has 146 valence electrons. The van der Waals surface area contributed by atoms with Gasteiger partial charge in [-0.15, -0.1) is 0 Å². The average molecular weight is 444 g/mol. The van der Waals surface area contributed by atoms with Crippen LogP contribution in [0, 0.1) is 5.92 Å². The highest BCUT2D eigenvalue weighted by Crippen LogP contribution is 2.29. The van der Waals surface area contributed by atoms with Gasteiger partial charge < -0.3 is 14.5 Å². The molecule has 2 aliphatic rings. The molecule has 28 heavy (non-hydrogen) atoms. The van der Waals surface area contributed by atoms with E-state index in [-0.39, 0.29) is 17.9 Å². The molecule has 0 saturated carbocycles. The minimum Gasteiger partial charge on any atom is -0.372 e. The molecule has 0 aliphatic carbocycles. The number of carbonyl (C=O) groups is 2. The van der Waals surface area contributed by atoms with Gasteiger partial charge in [0.25, 0.3) is 0 Å². The summed E-state index contributed by atoms with van der Waals surface area (Å²) in [5, 5.41) is 0. The van der Waals surface area contributed by atoms with Crippen LogP contribution in [0.15, 0.2) is 53.3 Å². The Morgan fingerprint density at radius 1 is 1.21 bits per heavy atom. The molecule has 2 saturated heterocycles. The van der Waals surface area contributed by atoms with Crippen LogP contribution in [0.4, 0.5) is 5.69 Å². The predicted molar refractivity (Wildman–Crippen MR) is 109 cm³/mol. The zero-order valence-corrected chi connectivity index (χ0v) is 17.0. The number of hydrogen-bond acceptors (Lipinski definition) is 4. The first-order valence-corrected chi connectivity index (χ1v) is 10.3. The number of aromatic nitrogens is 1. The number of nitrogens with zero attached hydrogens (tertiary/aromatic N) is 3. The van der Waals surface area contributed by atoms with Crippen molar-refractivity contribution in [1.82, 2.24) is 9.88 Å². The summed E-state index contributed by atoms with van der Waals surface area (Å²) >= 11 is 3.43. The third-order valence-corrected chi connectivity index (χ3v) is 5.78. The van der Waals surface area contributed by atoms with E-state index in [9.17, 15) is 9.59 Å². The van der Waals surface area contributed by atoms with E-state index in [0.29, 0.717) is 32.7 Å². The molecule has 2 amide bonds. The molecule has 0 spiro atoms. The highest BCUT2D eigenvalue weighted by Gasteiger charge is 2.41. The van der Waals surface area contributed by atoms with Crippen molar-refractivity contribution in [1.29, 1.82) is 0 Å². The van der Waals surface area contributed by atoms with Crippen LogP contribution in [0.5, 0.6) is 0 Å². The monoisotopic (exact) mass is 443 g/mol. The molecule has 7 heteroatoms. The summed E-state index contributed by atoms with van der Waals surface area (Å²) < 4.78 is 6.85. The number of hydrogen-bond donors (Lipinski definition) is 0. The maximum absolute atomic E-state index is 12.9. The molecule has 2 atom stereocenters. The smallest absolute Gasteiger partial charge is 0.239 e. The van der Waals surface area contributed by atoms with Crippen LogP contribution < -0.4 is 4.90 Å². The minimum atomic E-state index is -0.587. The molecular formula is C21H22BrN3O3. The number of halogens is 1. The first kappa shape index (κ1) is 19.1. The van der Waals surface area contributed by atoms with Crippen LogP contribution >= 0.6 is 15.9 Å². The molecule has 4 rings (SSSR count). The number of benzene rings is 1. The fraction of sp³-hybridized carbons (Fsp3) is 0.381. The van der Waals surface area contributed by atoms with Gasteiger partial charge in [-0.2, -0.15) is 0 Å². The quantitative estimate of drug-likeness (QED) is 0.666. The number of ether oxygens (including phenoxy) is 1. The van der Waals surface area contributed by atoms with Crippen molar-refractivity contribution in [3.63, 3.8) is 0 Å². The molecule has 0 bridgehead atoms. The largest absolute Gasteiger partial charge is 0.372 e. The molecule has 2 aromatic rings. The van der Waals surface area contributed by atoms with Gasteiger partial charge >= 0.3 is 0 Å². The van der Waals surface area contributed by atoms with Gasteiger partial charge in [0.05, 0.1) is 12.7 Å². The van der Waals surface area contributed by atoms with Crippen molar-refractivity contribution < 1.29 is 14.3 Å². The second-order valence-electron chi connectivity index (χ2n) is 7.18. The van der Waals surface area contributed by atoms with E-state index in [1.807, 2.05) is 36.4 Å². The zero-order valence-electron chi connectivity index (χ0n) is 15.5. The van der Waals surface area contributed by atoms with Gasteiger partial charge in [-0.3, -0.25) is 14.6 Å². The molecular weight excluding hydrogens is 422 g/mol. The zero-order chi connectivity index (χ0) is 19.5. The summed E-state index contributed by atoms with van der Waals surface area (Å²) in [5.74, 6) is -0.770. The van der Waals surface area contributed by atoms with Crippen LogP contribution in [0.25, 0.3) is 0 Å². The lowest BCUT2D eigenvalue weighted by atomic mass is 10.1. The number of carbonyl (C=O) groups excluding carboxylic acids is 2. The Labute approximate surface area is 172 Å². The Bertz CT molecular complexity index is 861. The van der Waals surface area contributed by atoms with E-state index in [1.54, 1.807) is 22.2 Å². The van der Waals surface area contributed by atoms with Crippen molar-refractivity contribution in [2.45, 2.75) is 25.6 Å². The van der Waals surface area contributed by atoms with Gasteiger partial charge in [0, 0.05) is 42.2 Å². The van der Waals surface area contributed by atoms with Crippen LogP contribution in [-0.4, -0.2) is 47.4 Å². The van der Waals surface area contributed by atoms with Crippen LogP contribution in [0.2, 0.25) is 0 Å². The summed E-state index contributed by atoms with van der Waals surface area (Å²) in [6.45, 7) is 2.23. The number of amides is 2. The molecule has 1 aromatic heterocycles. The van der Waals surface area contributed by atoms with E-state index in [2.05, 4.69) is 20.9 Å². The van der Waals surface area contributed by atoms with Gasteiger partial charge in [0.2, 0.25) is 11.8 Å². The Kier molecular flexibility index (Phi) is 5.73. The van der Waals surface area contributed by atoms with Crippen molar-refractivity contribution in [2.75, 3.05) is 24.5 Å². The predicted octanol–water partition coefficient (Wildman–Crippen LogP) is 3.01. The number of likely N-dealkylation sites (tertiary alicyclic amines) is 1. The maximum atomic E-state index is 12.9. The van der Waals surface area contributed by atoms with Gasteiger partial charge in [-0.05, 0) is 42.7 Å². The molecule has 2 fully saturated rings. The van der Waals surface area contributed by atoms with E-state index in [1.165, 1.54) is 0 Å². The summed E-state index contributed by atoms with van der Waals surface area (Å²) in [5.41, 5.74) is 1.84. The van der Waals surface area contributed by atoms with Crippen molar-refractivity contribution in [2.24, 2.45) is 5.92 Å². The maximum Gasteiger partial charge on any atom is 0.239 e. The number of rotatable bonds is 5. The van der Waals surface area contributed by atoms with Crippen LogP contribution in [0.1, 0.15) is 18.4 Å². The Balaban J connectivity index is 1.33. The molecule has 0 N–H and O–H groups in total. The molecule has 3 heterocycles. The summed E-state index contributed by atoms with van der Waals surface area (Å²) in [4.78, 5) is 33.3. The van der Waals surface area contributed by atoms with E-state index >= 15 is 0 Å². The lowest BCUT2D eigenvalue weighted by Gasteiger charge is -2.21. The van der Waals surface area contributed by atoms with Gasteiger partial charge in [-0.1, -0.05) is 28.1 Å². The second-order valence-corrected chi connectivity index (χ2v) is 8.09. The Hall–Kier alpha value is -2.25. The SMILES string of the molecule is O=C(C1CCN(c2cccc(Br)c2)C1=O)N1CCC(OCc2cccnc2)C1. The van der Waals surface area contributed by atoms with Gasteiger partial charge in [0.1, 0.15) is 5.92 Å². The topological polar surface area (TPSA) is 62.7 Å². The fourth-order valence-corrected chi connectivity index (χ4v) is 4.18. The van der Waals surface area contributed by atoms with Gasteiger partial charge in [0.15, 0.2) is 0 Å². The Morgan fingerprint density at radius 2 is 2.11 bits per heavy atom. The van der Waals surface area contributed by atoms with Crippen molar-refractivity contribution >= 4 is 33.4 Å². The highest BCUT2D eigenvalue weighted by molar-refractivity contribution is 9.10. The van der Waals surface area contributed by atoms with Crippen LogP contribution in [0.3, 0.4) is 0 Å². The third-order valence-electron chi connectivity index (χ3n) is 5.29. The van der Waals surface area contributed by atoms with Crippen LogP contribution in [-0.2, 0) is 20.9 Å². The fourth-order valence-electron chi connectivity index (χ4n) is 3.79. The minimum absolute atomic E-state index is 0.00171. The molecule has 1 aromatic carbocycles. The normalized spacial score (nSPS) is 22.1. The first-order valence-electron chi connectivity index (χ1n) is 9.48. The van der Waals surface area contributed by atoms with E-state index < -0.39 is 5.92 Å². The summed E-state index contributed by atoms with van der Waals surface area (Å²) in [6, 6.07) is 11.5. The average Bonchev–Trinajstić information content (AvgIpc) is 3.33. The highest BCUT2D eigenvalue weighted by atomic mass is 79.9. The number of pyridine rings is 1. The lowest BCUT2D eigenvalue weighted by Crippen LogP contribution is -2.39. The number of anilines is 1. The molecule has 2 aliphatic heterocycles.